The van der Waals surface area contributed by atoms with Crippen molar-refractivity contribution in [2.45, 2.75) is 19.3 Å². The van der Waals surface area contributed by atoms with Crippen LogP contribution in [0, 0.1) is 6.07 Å². The van der Waals surface area contributed by atoms with Crippen LogP contribution in [0.25, 0.3) is 78.8 Å². The molecule has 1 radical (unpaired) electrons. The summed E-state index contributed by atoms with van der Waals surface area (Å²) in [6.45, 7) is 4.57. The van der Waals surface area contributed by atoms with Gasteiger partial charge in [-0.05, 0) is 56.8 Å². The van der Waals surface area contributed by atoms with Gasteiger partial charge in [-0.3, -0.25) is 0 Å². The van der Waals surface area contributed by atoms with Gasteiger partial charge in [-0.2, -0.15) is 0 Å². The number of aromatic nitrogens is 4. The Labute approximate surface area is 353 Å². The minimum absolute atomic E-state index is 0. The molecule has 0 aliphatic heterocycles. The molecule has 58 heavy (non-hydrogen) atoms. The average Bonchev–Trinajstić information content (AvgIpc) is 3.30. The molecule has 4 nitrogen and oxygen atoms in total. The van der Waals surface area contributed by atoms with Crippen molar-refractivity contribution in [3.63, 3.8) is 0 Å². The average molecular weight is 924 g/mol. The Morgan fingerprint density at radius 3 is 1.33 bits per heavy atom. The maximum Gasteiger partial charge on any atom is 0.165 e. The summed E-state index contributed by atoms with van der Waals surface area (Å²) in [5.74, 6) is 1.82. The molecule has 0 aliphatic carbocycles. The van der Waals surface area contributed by atoms with E-state index < -0.39 is 0 Å². The van der Waals surface area contributed by atoms with Crippen LogP contribution in [0.3, 0.4) is 0 Å². The van der Waals surface area contributed by atoms with E-state index in [0.29, 0.717) is 17.5 Å². The molecule has 0 spiro atoms. The number of pyridine rings is 1. The predicted molar refractivity (Wildman–Crippen MR) is 233 cm³/mol. The second kappa shape index (κ2) is 16.8. The van der Waals surface area contributed by atoms with E-state index in [1.165, 1.54) is 27.8 Å². The summed E-state index contributed by atoms with van der Waals surface area (Å²) < 4.78 is 0. The summed E-state index contributed by atoms with van der Waals surface area (Å²) in [6.07, 6.45) is 1.83. The van der Waals surface area contributed by atoms with Gasteiger partial charge in [0.05, 0.1) is 0 Å². The second-order valence-electron chi connectivity index (χ2n) is 14.7. The zero-order valence-corrected chi connectivity index (χ0v) is 34.6. The molecule has 0 atom stereocenters. The molecule has 0 unspecified atom stereocenters. The number of hydrogen-bond acceptors (Lipinski definition) is 4. The molecule has 9 rings (SSSR count). The molecule has 0 fully saturated rings. The zero-order valence-electron chi connectivity index (χ0n) is 32.2. The van der Waals surface area contributed by atoms with Crippen LogP contribution in [-0.4, -0.2) is 19.9 Å². The molecule has 0 aliphatic rings. The molecule has 2 heterocycles. The van der Waals surface area contributed by atoms with Crippen LogP contribution in [0.1, 0.15) is 25.0 Å². The first kappa shape index (κ1) is 38.2. The molecular formula is C53H39IrN4-. The third-order valence-electron chi connectivity index (χ3n) is 10.6. The maximum absolute atomic E-state index is 4.87. The first-order valence-corrected chi connectivity index (χ1v) is 19.2. The predicted octanol–water partition coefficient (Wildman–Crippen LogP) is 13.1. The zero-order chi connectivity index (χ0) is 38.6. The smallest absolute Gasteiger partial charge is 0.165 e. The minimum atomic E-state index is -0.0773. The summed E-state index contributed by atoms with van der Waals surface area (Å²) in [5.41, 5.74) is 13.9. The minimum Gasteiger partial charge on any atom is -0.304 e. The van der Waals surface area contributed by atoms with Crippen LogP contribution in [0.2, 0.25) is 0 Å². The molecule has 281 valence electrons. The molecular weight excluding hydrogens is 885 g/mol. The number of rotatable bonds is 9. The molecule has 0 bridgehead atoms. The van der Waals surface area contributed by atoms with Crippen molar-refractivity contribution in [1.82, 2.24) is 19.9 Å². The van der Waals surface area contributed by atoms with Crippen LogP contribution >= 0.6 is 0 Å². The Morgan fingerprint density at radius 1 is 0.379 bits per heavy atom. The van der Waals surface area contributed by atoms with E-state index in [4.69, 9.17) is 19.9 Å². The number of nitrogens with zero attached hydrogens (tertiary/aromatic N) is 4. The summed E-state index contributed by atoms with van der Waals surface area (Å²) >= 11 is 0. The van der Waals surface area contributed by atoms with Gasteiger partial charge in [0.2, 0.25) is 0 Å². The van der Waals surface area contributed by atoms with E-state index in [2.05, 4.69) is 135 Å². The second-order valence-corrected chi connectivity index (χ2v) is 14.7. The van der Waals surface area contributed by atoms with Crippen LogP contribution < -0.4 is 0 Å². The Morgan fingerprint density at radius 2 is 0.810 bits per heavy atom. The molecule has 0 saturated carbocycles. The van der Waals surface area contributed by atoms with Crippen molar-refractivity contribution in [3.05, 3.63) is 218 Å². The van der Waals surface area contributed by atoms with Gasteiger partial charge in [0.25, 0.3) is 0 Å². The maximum atomic E-state index is 4.87. The molecule has 5 heteroatoms. The summed E-state index contributed by atoms with van der Waals surface area (Å²) in [6, 6.07) is 70.9. The van der Waals surface area contributed by atoms with Gasteiger partial charge in [-0.25, -0.2) is 15.0 Å². The van der Waals surface area contributed by atoms with Crippen molar-refractivity contribution in [3.8, 4) is 78.8 Å². The van der Waals surface area contributed by atoms with Crippen LogP contribution in [0.4, 0.5) is 0 Å². The standard InChI is InChI=1S/C53H39N4.Ir/c1-53(2,47-25-10-5-11-26-47)48-30-27-37(28-31-48)40-19-12-20-41(33-40)42-21-13-22-43(34-42)44-23-14-24-45(35-44)49-32-29-46(36-54-49)52-56-50(38-15-6-3-7-16-38)55-51(57-52)39-17-8-4-9-18-39;/h3-23,25-36H,1-2H3;/q-1;. The van der Waals surface area contributed by atoms with Gasteiger partial charge in [-0.1, -0.05) is 178 Å². The third-order valence-corrected chi connectivity index (χ3v) is 10.6. The largest absolute Gasteiger partial charge is 0.304 e. The van der Waals surface area contributed by atoms with Crippen molar-refractivity contribution in [2.75, 3.05) is 0 Å². The van der Waals surface area contributed by atoms with Gasteiger partial charge in [0.15, 0.2) is 17.5 Å². The Hall–Kier alpha value is -6.65. The first-order valence-electron chi connectivity index (χ1n) is 19.2. The van der Waals surface area contributed by atoms with Crippen molar-refractivity contribution >= 4 is 0 Å². The van der Waals surface area contributed by atoms with E-state index in [0.717, 1.165) is 44.6 Å². The fourth-order valence-electron chi connectivity index (χ4n) is 7.27. The van der Waals surface area contributed by atoms with Crippen molar-refractivity contribution < 1.29 is 20.1 Å². The fraction of sp³-hybridized carbons (Fsp3) is 0.0566. The normalized spacial score (nSPS) is 11.1. The van der Waals surface area contributed by atoms with Crippen molar-refractivity contribution in [1.29, 1.82) is 0 Å². The summed E-state index contributed by atoms with van der Waals surface area (Å²) in [7, 11) is 0. The number of hydrogen-bond donors (Lipinski definition) is 0. The van der Waals surface area contributed by atoms with Gasteiger partial charge in [-0.15, -0.1) is 35.4 Å². The van der Waals surface area contributed by atoms with Crippen LogP contribution in [-0.2, 0) is 25.5 Å². The molecule has 0 N–H and O–H groups in total. The van der Waals surface area contributed by atoms with E-state index in [9.17, 15) is 0 Å². The SMILES string of the molecule is CC(C)(c1ccccc1)c1ccc(-c2cccc(-c3cccc(-c4cc[c-]c(-c5ccc(-c6nc(-c7ccccc7)nc(-c7ccccc7)n6)cn5)c4)c3)c2)cc1.[Ir]. The van der Waals surface area contributed by atoms with Gasteiger partial charge in [0.1, 0.15) is 0 Å². The van der Waals surface area contributed by atoms with E-state index >= 15 is 0 Å². The Balaban J connectivity index is 0.00000469. The fourth-order valence-corrected chi connectivity index (χ4v) is 7.27. The van der Waals surface area contributed by atoms with Crippen LogP contribution in [0.15, 0.2) is 200 Å². The Bertz CT molecular complexity index is 2730. The third kappa shape index (κ3) is 8.10. The molecule has 9 aromatic rings. The van der Waals surface area contributed by atoms with Gasteiger partial charge in [0, 0.05) is 48.4 Å². The monoisotopic (exact) mass is 924 g/mol. The van der Waals surface area contributed by atoms with Gasteiger partial charge >= 0.3 is 0 Å². The van der Waals surface area contributed by atoms with E-state index in [1.807, 2.05) is 85.1 Å². The van der Waals surface area contributed by atoms with E-state index in [-0.39, 0.29) is 25.5 Å². The van der Waals surface area contributed by atoms with E-state index in [1.54, 1.807) is 0 Å². The topological polar surface area (TPSA) is 51.6 Å². The number of benzene rings is 7. The summed E-state index contributed by atoms with van der Waals surface area (Å²) in [4.78, 5) is 19.4. The summed E-state index contributed by atoms with van der Waals surface area (Å²) in [5, 5.41) is 0. The Kier molecular flexibility index (Phi) is 11.1. The molecule has 7 aromatic carbocycles. The first-order chi connectivity index (χ1) is 28.0. The van der Waals surface area contributed by atoms with Crippen molar-refractivity contribution in [2.24, 2.45) is 0 Å². The van der Waals surface area contributed by atoms with Crippen LogP contribution in [0.5, 0.6) is 0 Å². The molecule has 2 aromatic heterocycles. The quantitative estimate of drug-likeness (QED) is 0.135. The molecule has 0 saturated heterocycles. The van der Waals surface area contributed by atoms with Gasteiger partial charge < -0.3 is 4.98 Å². The molecule has 0 amide bonds.